The summed E-state index contributed by atoms with van der Waals surface area (Å²) in [6, 6.07) is 12.0. The molecule has 2 N–H and O–H groups in total. The highest BCUT2D eigenvalue weighted by molar-refractivity contribution is 5.89. The highest BCUT2D eigenvalue weighted by atomic mass is 19.1. The van der Waals surface area contributed by atoms with E-state index in [0.717, 1.165) is 12.8 Å². The molecule has 2 rings (SSSR count). The van der Waals surface area contributed by atoms with Crippen molar-refractivity contribution < 1.29 is 9.18 Å². The Morgan fingerprint density at radius 3 is 2.46 bits per heavy atom. The van der Waals surface area contributed by atoms with E-state index in [4.69, 9.17) is 0 Å². The summed E-state index contributed by atoms with van der Waals surface area (Å²) >= 11 is 0. The van der Waals surface area contributed by atoms with E-state index >= 15 is 0 Å². The number of hydrogen-bond donors (Lipinski definition) is 2. The molecular formula is C21H28FN3O. The molecule has 0 fully saturated rings. The third-order valence-corrected chi connectivity index (χ3v) is 4.46. The molecule has 0 heterocycles. The van der Waals surface area contributed by atoms with E-state index < -0.39 is 0 Å². The van der Waals surface area contributed by atoms with E-state index in [1.807, 2.05) is 14.1 Å². The standard InChI is InChI=1S/C21H28FN3O/c1-5-6-16-13-17(8-7-15(16)2)20(25(3)4)14-23-21(26)24-19-11-9-18(22)10-12-19/h7-13,20H,5-6,14H2,1-4H3,(H2,23,24,26). The summed E-state index contributed by atoms with van der Waals surface area (Å²) in [5.74, 6) is -0.328. The fourth-order valence-corrected chi connectivity index (χ4v) is 2.93. The highest BCUT2D eigenvalue weighted by Gasteiger charge is 2.16. The van der Waals surface area contributed by atoms with Gasteiger partial charge in [-0.3, -0.25) is 0 Å². The van der Waals surface area contributed by atoms with Gasteiger partial charge in [0.05, 0.1) is 6.04 Å². The number of carbonyl (C=O) groups excluding carboxylic acids is 1. The van der Waals surface area contributed by atoms with Gasteiger partial charge in [0.25, 0.3) is 0 Å². The molecule has 1 unspecified atom stereocenters. The number of hydrogen-bond acceptors (Lipinski definition) is 2. The van der Waals surface area contributed by atoms with Crippen molar-refractivity contribution in [2.75, 3.05) is 26.0 Å². The number of halogens is 1. The molecule has 140 valence electrons. The van der Waals surface area contributed by atoms with Crippen LogP contribution in [0.4, 0.5) is 14.9 Å². The van der Waals surface area contributed by atoms with Gasteiger partial charge < -0.3 is 15.5 Å². The maximum absolute atomic E-state index is 12.9. The van der Waals surface area contributed by atoms with Gasteiger partial charge in [-0.1, -0.05) is 31.5 Å². The average Bonchev–Trinajstić information content (AvgIpc) is 2.59. The fourth-order valence-electron chi connectivity index (χ4n) is 2.93. The number of benzene rings is 2. The zero-order chi connectivity index (χ0) is 19.1. The van der Waals surface area contributed by atoms with Crippen LogP contribution in [-0.4, -0.2) is 31.6 Å². The quantitative estimate of drug-likeness (QED) is 0.766. The van der Waals surface area contributed by atoms with Crippen molar-refractivity contribution in [3.8, 4) is 0 Å². The summed E-state index contributed by atoms with van der Waals surface area (Å²) in [7, 11) is 4.01. The second-order valence-corrected chi connectivity index (χ2v) is 6.76. The van der Waals surface area contributed by atoms with Gasteiger partial charge in [-0.25, -0.2) is 9.18 Å². The lowest BCUT2D eigenvalue weighted by Crippen LogP contribution is -2.37. The summed E-state index contributed by atoms with van der Waals surface area (Å²) in [5.41, 5.74) is 4.40. The molecule has 0 bridgehead atoms. The smallest absolute Gasteiger partial charge is 0.319 e. The van der Waals surface area contributed by atoms with Gasteiger partial charge >= 0.3 is 6.03 Å². The number of amides is 2. The molecule has 2 amide bonds. The molecule has 0 saturated heterocycles. The average molecular weight is 357 g/mol. The third kappa shape index (κ3) is 5.56. The van der Waals surface area contributed by atoms with Gasteiger partial charge in [0.1, 0.15) is 5.82 Å². The van der Waals surface area contributed by atoms with Crippen molar-refractivity contribution in [3.05, 3.63) is 65.0 Å². The first-order chi connectivity index (χ1) is 12.4. The summed E-state index contributed by atoms with van der Waals surface area (Å²) < 4.78 is 12.9. The van der Waals surface area contributed by atoms with Crippen LogP contribution in [-0.2, 0) is 6.42 Å². The number of rotatable bonds is 7. The first kappa shape index (κ1) is 19.9. The lowest BCUT2D eigenvalue weighted by molar-refractivity contribution is 0.243. The van der Waals surface area contributed by atoms with Gasteiger partial charge in [-0.2, -0.15) is 0 Å². The van der Waals surface area contributed by atoms with E-state index in [2.05, 4.69) is 47.6 Å². The Hall–Kier alpha value is -2.40. The molecule has 26 heavy (non-hydrogen) atoms. The predicted octanol–water partition coefficient (Wildman–Crippen LogP) is 4.51. The van der Waals surface area contributed by atoms with Crippen LogP contribution in [0.15, 0.2) is 42.5 Å². The third-order valence-electron chi connectivity index (χ3n) is 4.46. The number of likely N-dealkylation sites (N-methyl/N-ethyl adjacent to an activating group) is 1. The number of nitrogens with one attached hydrogen (secondary N) is 2. The second kappa shape index (κ2) is 9.34. The summed E-state index contributed by atoms with van der Waals surface area (Å²) in [6.45, 7) is 4.79. The lowest BCUT2D eigenvalue weighted by Gasteiger charge is -2.26. The molecule has 0 aromatic heterocycles. The highest BCUT2D eigenvalue weighted by Crippen LogP contribution is 2.22. The van der Waals surface area contributed by atoms with Crippen LogP contribution in [0.25, 0.3) is 0 Å². The van der Waals surface area contributed by atoms with Crippen molar-refractivity contribution in [3.63, 3.8) is 0 Å². The number of nitrogens with zero attached hydrogens (tertiary/aromatic N) is 1. The maximum Gasteiger partial charge on any atom is 0.319 e. The first-order valence-electron chi connectivity index (χ1n) is 8.97. The van der Waals surface area contributed by atoms with Crippen molar-refractivity contribution in [2.45, 2.75) is 32.7 Å². The Morgan fingerprint density at radius 1 is 1.15 bits per heavy atom. The van der Waals surface area contributed by atoms with E-state index in [1.165, 1.54) is 41.0 Å². The molecule has 0 radical (unpaired) electrons. The van der Waals surface area contributed by atoms with Crippen LogP contribution in [0.1, 0.15) is 36.1 Å². The molecule has 0 aliphatic rings. The van der Waals surface area contributed by atoms with Crippen LogP contribution < -0.4 is 10.6 Å². The van der Waals surface area contributed by atoms with Crippen LogP contribution in [0.5, 0.6) is 0 Å². The molecule has 2 aromatic rings. The minimum atomic E-state index is -0.328. The topological polar surface area (TPSA) is 44.4 Å². The van der Waals surface area contributed by atoms with Crippen molar-refractivity contribution in [2.24, 2.45) is 0 Å². The zero-order valence-electron chi connectivity index (χ0n) is 16.0. The Kier molecular flexibility index (Phi) is 7.16. The Morgan fingerprint density at radius 2 is 1.85 bits per heavy atom. The monoisotopic (exact) mass is 357 g/mol. The van der Waals surface area contributed by atoms with E-state index in [9.17, 15) is 9.18 Å². The number of aryl methyl sites for hydroxylation is 2. The summed E-state index contributed by atoms with van der Waals surface area (Å²) in [4.78, 5) is 14.2. The zero-order valence-corrected chi connectivity index (χ0v) is 16.0. The predicted molar refractivity (Wildman–Crippen MR) is 105 cm³/mol. The van der Waals surface area contributed by atoms with Gasteiger partial charge in [-0.05, 0) is 68.4 Å². The number of anilines is 1. The van der Waals surface area contributed by atoms with Gasteiger partial charge in [0.2, 0.25) is 0 Å². The van der Waals surface area contributed by atoms with Gasteiger partial charge in [0, 0.05) is 12.2 Å². The maximum atomic E-state index is 12.9. The van der Waals surface area contributed by atoms with Gasteiger partial charge in [-0.15, -0.1) is 0 Å². The van der Waals surface area contributed by atoms with Crippen molar-refractivity contribution in [1.29, 1.82) is 0 Å². The largest absolute Gasteiger partial charge is 0.336 e. The second-order valence-electron chi connectivity index (χ2n) is 6.76. The van der Waals surface area contributed by atoms with Crippen LogP contribution in [0, 0.1) is 12.7 Å². The lowest BCUT2D eigenvalue weighted by atomic mass is 9.97. The fraction of sp³-hybridized carbons (Fsp3) is 0.381. The van der Waals surface area contributed by atoms with Crippen LogP contribution >= 0.6 is 0 Å². The molecular weight excluding hydrogens is 329 g/mol. The number of carbonyl (C=O) groups is 1. The molecule has 4 nitrogen and oxygen atoms in total. The molecule has 5 heteroatoms. The SMILES string of the molecule is CCCc1cc(C(CNC(=O)Nc2ccc(F)cc2)N(C)C)ccc1C. The molecule has 0 saturated carbocycles. The van der Waals surface area contributed by atoms with E-state index in [-0.39, 0.29) is 17.9 Å². The first-order valence-corrected chi connectivity index (χ1v) is 8.97. The van der Waals surface area contributed by atoms with Crippen molar-refractivity contribution >= 4 is 11.7 Å². The summed E-state index contributed by atoms with van der Waals surface area (Å²) in [6.07, 6.45) is 2.16. The molecule has 0 spiro atoms. The van der Waals surface area contributed by atoms with Crippen LogP contribution in [0.3, 0.4) is 0 Å². The van der Waals surface area contributed by atoms with E-state index in [0.29, 0.717) is 12.2 Å². The molecule has 2 aromatic carbocycles. The molecule has 1 atom stereocenters. The van der Waals surface area contributed by atoms with Gasteiger partial charge in [0.15, 0.2) is 0 Å². The Labute approximate surface area is 155 Å². The molecule has 0 aliphatic carbocycles. The Balaban J connectivity index is 2.03. The molecule has 0 aliphatic heterocycles. The van der Waals surface area contributed by atoms with Crippen molar-refractivity contribution in [1.82, 2.24) is 10.2 Å². The normalized spacial score (nSPS) is 12.1. The Bertz CT molecular complexity index is 729. The minimum Gasteiger partial charge on any atom is -0.336 e. The van der Waals surface area contributed by atoms with Crippen LogP contribution in [0.2, 0.25) is 0 Å². The van der Waals surface area contributed by atoms with E-state index in [1.54, 1.807) is 0 Å². The minimum absolute atomic E-state index is 0.0742. The number of urea groups is 1. The summed E-state index contributed by atoms with van der Waals surface area (Å²) in [5, 5.41) is 5.63.